The first-order chi connectivity index (χ1) is 9.09. The molecule has 5 nitrogen and oxygen atoms in total. The zero-order chi connectivity index (χ0) is 13.8. The Kier molecular flexibility index (Phi) is 4.16. The Morgan fingerprint density at radius 2 is 2.05 bits per heavy atom. The van der Waals surface area contributed by atoms with E-state index in [-0.39, 0.29) is 5.91 Å². The SMILES string of the molecule is N[C@@H](Cc1ccccc1)C(=O)N1CCCC1C(=O)O. The number of amides is 1. The van der Waals surface area contributed by atoms with Crippen molar-refractivity contribution < 1.29 is 14.7 Å². The molecule has 1 unspecified atom stereocenters. The molecule has 5 heteroatoms. The summed E-state index contributed by atoms with van der Waals surface area (Å²) in [6, 6.07) is 8.11. The van der Waals surface area contributed by atoms with Gasteiger partial charge in [-0.15, -0.1) is 0 Å². The van der Waals surface area contributed by atoms with Gasteiger partial charge in [0.2, 0.25) is 5.91 Å². The van der Waals surface area contributed by atoms with Gasteiger partial charge in [-0.2, -0.15) is 0 Å². The number of rotatable bonds is 4. The van der Waals surface area contributed by atoms with Crippen LogP contribution in [0.15, 0.2) is 30.3 Å². The summed E-state index contributed by atoms with van der Waals surface area (Å²) in [5.41, 5.74) is 6.89. The van der Waals surface area contributed by atoms with Crippen molar-refractivity contribution in [2.24, 2.45) is 5.73 Å². The number of likely N-dealkylation sites (tertiary alicyclic amines) is 1. The molecule has 1 fully saturated rings. The fourth-order valence-electron chi connectivity index (χ4n) is 2.46. The van der Waals surface area contributed by atoms with Crippen LogP contribution in [0.3, 0.4) is 0 Å². The number of carboxylic acids is 1. The molecule has 0 spiro atoms. The average Bonchev–Trinajstić information content (AvgIpc) is 2.88. The second kappa shape index (κ2) is 5.84. The standard InChI is InChI=1S/C14H18N2O3/c15-11(9-10-5-2-1-3-6-10)13(17)16-8-4-7-12(16)14(18)19/h1-3,5-6,11-12H,4,7-9,15H2,(H,18,19)/t11-,12?/m0/s1. The molecule has 1 aromatic carbocycles. The number of carboxylic acid groups (broad SMARTS) is 1. The summed E-state index contributed by atoms with van der Waals surface area (Å²) in [5, 5.41) is 9.07. The molecule has 102 valence electrons. The van der Waals surface area contributed by atoms with E-state index in [9.17, 15) is 9.59 Å². The topological polar surface area (TPSA) is 83.6 Å². The van der Waals surface area contributed by atoms with E-state index in [1.54, 1.807) is 0 Å². The van der Waals surface area contributed by atoms with E-state index in [1.807, 2.05) is 30.3 Å². The van der Waals surface area contributed by atoms with Gasteiger partial charge in [0.05, 0.1) is 6.04 Å². The van der Waals surface area contributed by atoms with Crippen LogP contribution in [0.2, 0.25) is 0 Å². The smallest absolute Gasteiger partial charge is 0.326 e. The van der Waals surface area contributed by atoms with Gasteiger partial charge in [0.25, 0.3) is 0 Å². The number of aliphatic carboxylic acids is 1. The van der Waals surface area contributed by atoms with Crippen molar-refractivity contribution in [3.05, 3.63) is 35.9 Å². The third kappa shape index (κ3) is 3.12. The van der Waals surface area contributed by atoms with E-state index in [2.05, 4.69) is 0 Å². The molecule has 2 atom stereocenters. The third-order valence-electron chi connectivity index (χ3n) is 3.44. The Balaban J connectivity index is 2.01. The molecule has 0 saturated carbocycles. The van der Waals surface area contributed by atoms with Crippen molar-refractivity contribution in [1.29, 1.82) is 0 Å². The Morgan fingerprint density at radius 1 is 1.37 bits per heavy atom. The molecular formula is C14H18N2O3. The fraction of sp³-hybridized carbons (Fsp3) is 0.429. The highest BCUT2D eigenvalue weighted by Crippen LogP contribution is 2.18. The Hall–Kier alpha value is -1.88. The molecule has 3 N–H and O–H groups in total. The van der Waals surface area contributed by atoms with E-state index in [0.29, 0.717) is 19.4 Å². The summed E-state index contributed by atoms with van der Waals surface area (Å²) >= 11 is 0. The molecule has 1 saturated heterocycles. The van der Waals surface area contributed by atoms with Gasteiger partial charge in [0, 0.05) is 6.54 Å². The highest BCUT2D eigenvalue weighted by Gasteiger charge is 2.35. The number of hydrogen-bond acceptors (Lipinski definition) is 3. The van der Waals surface area contributed by atoms with Crippen LogP contribution in [-0.2, 0) is 16.0 Å². The molecule has 1 aromatic rings. The van der Waals surface area contributed by atoms with Crippen molar-refractivity contribution in [2.45, 2.75) is 31.3 Å². The van der Waals surface area contributed by atoms with Crippen molar-refractivity contribution in [2.75, 3.05) is 6.54 Å². The normalized spacial score (nSPS) is 20.3. The maximum absolute atomic E-state index is 12.2. The van der Waals surface area contributed by atoms with E-state index >= 15 is 0 Å². The molecule has 19 heavy (non-hydrogen) atoms. The summed E-state index contributed by atoms with van der Waals surface area (Å²) in [7, 11) is 0. The van der Waals surface area contributed by atoms with Gasteiger partial charge in [-0.25, -0.2) is 4.79 Å². The lowest BCUT2D eigenvalue weighted by molar-refractivity contribution is -0.148. The maximum Gasteiger partial charge on any atom is 0.326 e. The lowest BCUT2D eigenvalue weighted by atomic mass is 10.1. The van der Waals surface area contributed by atoms with Crippen molar-refractivity contribution >= 4 is 11.9 Å². The number of hydrogen-bond donors (Lipinski definition) is 2. The van der Waals surface area contributed by atoms with Crippen molar-refractivity contribution in [3.8, 4) is 0 Å². The molecule has 1 aliphatic rings. The van der Waals surface area contributed by atoms with Crippen LogP contribution in [0, 0.1) is 0 Å². The van der Waals surface area contributed by atoms with Crippen LogP contribution < -0.4 is 5.73 Å². The Labute approximate surface area is 112 Å². The largest absolute Gasteiger partial charge is 0.480 e. The molecule has 0 radical (unpaired) electrons. The van der Waals surface area contributed by atoms with Gasteiger partial charge < -0.3 is 15.7 Å². The zero-order valence-corrected chi connectivity index (χ0v) is 10.7. The summed E-state index contributed by atoms with van der Waals surface area (Å²) in [5.74, 6) is -1.22. The molecule has 1 heterocycles. The summed E-state index contributed by atoms with van der Waals surface area (Å²) in [4.78, 5) is 24.7. The lowest BCUT2D eigenvalue weighted by Gasteiger charge is -2.24. The molecule has 0 aromatic heterocycles. The van der Waals surface area contributed by atoms with E-state index in [4.69, 9.17) is 10.8 Å². The molecule has 0 bridgehead atoms. The van der Waals surface area contributed by atoms with E-state index < -0.39 is 18.1 Å². The van der Waals surface area contributed by atoms with E-state index in [0.717, 1.165) is 12.0 Å². The average molecular weight is 262 g/mol. The molecule has 1 aliphatic heterocycles. The number of carbonyl (C=O) groups excluding carboxylic acids is 1. The Bertz CT molecular complexity index is 461. The van der Waals surface area contributed by atoms with Gasteiger partial charge in [-0.3, -0.25) is 4.79 Å². The van der Waals surface area contributed by atoms with Crippen LogP contribution in [-0.4, -0.2) is 40.5 Å². The van der Waals surface area contributed by atoms with Gasteiger partial charge >= 0.3 is 5.97 Å². The van der Waals surface area contributed by atoms with Crippen molar-refractivity contribution in [3.63, 3.8) is 0 Å². The number of nitrogens with zero attached hydrogens (tertiary/aromatic N) is 1. The van der Waals surface area contributed by atoms with Crippen LogP contribution in [0.25, 0.3) is 0 Å². The van der Waals surface area contributed by atoms with Gasteiger partial charge in [-0.05, 0) is 24.8 Å². The van der Waals surface area contributed by atoms with Gasteiger partial charge in [-0.1, -0.05) is 30.3 Å². The number of nitrogens with two attached hydrogens (primary N) is 1. The van der Waals surface area contributed by atoms with Crippen molar-refractivity contribution in [1.82, 2.24) is 4.90 Å². The fourth-order valence-corrected chi connectivity index (χ4v) is 2.46. The minimum Gasteiger partial charge on any atom is -0.480 e. The highest BCUT2D eigenvalue weighted by molar-refractivity contribution is 5.87. The van der Waals surface area contributed by atoms with Crippen LogP contribution in [0.4, 0.5) is 0 Å². The molecule has 0 aliphatic carbocycles. The number of carbonyl (C=O) groups is 2. The second-order valence-corrected chi connectivity index (χ2v) is 4.82. The summed E-state index contributed by atoms with van der Waals surface area (Å²) < 4.78 is 0. The summed E-state index contributed by atoms with van der Waals surface area (Å²) in [6.45, 7) is 0.484. The predicted octanol–water partition coefficient (Wildman–Crippen LogP) is 0.632. The number of benzene rings is 1. The van der Waals surface area contributed by atoms with Crippen LogP contribution >= 0.6 is 0 Å². The van der Waals surface area contributed by atoms with Crippen LogP contribution in [0.5, 0.6) is 0 Å². The molecule has 1 amide bonds. The minimum absolute atomic E-state index is 0.270. The zero-order valence-electron chi connectivity index (χ0n) is 10.7. The van der Waals surface area contributed by atoms with Gasteiger partial charge in [0.1, 0.15) is 6.04 Å². The predicted molar refractivity (Wildman–Crippen MR) is 70.5 cm³/mol. The molecular weight excluding hydrogens is 244 g/mol. The van der Waals surface area contributed by atoms with Crippen LogP contribution in [0.1, 0.15) is 18.4 Å². The minimum atomic E-state index is -0.947. The quantitative estimate of drug-likeness (QED) is 0.833. The Morgan fingerprint density at radius 3 is 2.68 bits per heavy atom. The maximum atomic E-state index is 12.2. The first-order valence-electron chi connectivity index (χ1n) is 6.42. The first-order valence-corrected chi connectivity index (χ1v) is 6.42. The third-order valence-corrected chi connectivity index (χ3v) is 3.44. The van der Waals surface area contributed by atoms with Gasteiger partial charge in [0.15, 0.2) is 0 Å². The van der Waals surface area contributed by atoms with E-state index in [1.165, 1.54) is 4.90 Å². The second-order valence-electron chi connectivity index (χ2n) is 4.82. The lowest BCUT2D eigenvalue weighted by Crippen LogP contribution is -2.49. The highest BCUT2D eigenvalue weighted by atomic mass is 16.4. The first kappa shape index (κ1) is 13.5. The monoisotopic (exact) mass is 262 g/mol. The summed E-state index contributed by atoms with van der Waals surface area (Å²) in [6.07, 6.45) is 1.67. The molecule has 2 rings (SSSR count).